The fraction of sp³-hybridized carbons (Fsp3) is 0.433. The highest BCUT2D eigenvalue weighted by molar-refractivity contribution is 7.99. The molecular weight excluding hydrogens is 537 g/mol. The zero-order chi connectivity index (χ0) is 29.1. The Kier molecular flexibility index (Phi) is 8.53. The van der Waals surface area contributed by atoms with Gasteiger partial charge in [0.15, 0.2) is 0 Å². The molecule has 0 saturated heterocycles. The van der Waals surface area contributed by atoms with Gasteiger partial charge in [-0.05, 0) is 47.4 Å². The summed E-state index contributed by atoms with van der Waals surface area (Å²) in [6.45, 7) is 3.63. The first-order valence-electron chi connectivity index (χ1n) is 13.1. The number of carbonyl (C=O) groups is 2. The van der Waals surface area contributed by atoms with Crippen molar-refractivity contribution < 1.29 is 22.8 Å². The Bertz CT molecular complexity index is 1350. The van der Waals surface area contributed by atoms with E-state index in [9.17, 15) is 28.0 Å². The van der Waals surface area contributed by atoms with Crippen LogP contribution in [-0.4, -0.2) is 41.6 Å². The average Bonchev–Trinajstić information content (AvgIpc) is 3.72. The molecule has 1 saturated carbocycles. The smallest absolute Gasteiger partial charge is 0.369 e. The Labute approximate surface area is 236 Å². The molecule has 1 fully saturated rings. The Morgan fingerprint density at radius 3 is 2.17 bits per heavy atom. The van der Waals surface area contributed by atoms with Crippen LogP contribution >= 0.6 is 11.8 Å². The largest absolute Gasteiger partial charge is 0.422 e. The third kappa shape index (κ3) is 5.99. The van der Waals surface area contributed by atoms with Crippen LogP contribution in [-0.2, 0) is 20.5 Å². The van der Waals surface area contributed by atoms with Crippen LogP contribution in [0.3, 0.4) is 0 Å². The van der Waals surface area contributed by atoms with Crippen molar-refractivity contribution in [3.63, 3.8) is 0 Å². The number of nitrogens with zero attached hydrogens (tertiary/aromatic N) is 1. The van der Waals surface area contributed by atoms with Crippen LogP contribution in [0.5, 0.6) is 0 Å². The van der Waals surface area contributed by atoms with E-state index in [2.05, 4.69) is 22.5 Å². The molecule has 40 heavy (non-hydrogen) atoms. The van der Waals surface area contributed by atoms with Crippen LogP contribution < -0.4 is 16.4 Å². The summed E-state index contributed by atoms with van der Waals surface area (Å²) in [7, 11) is 0. The Hall–Kier alpha value is -3.47. The summed E-state index contributed by atoms with van der Waals surface area (Å²) in [5.41, 5.74) is 4.29. The first-order valence-corrected chi connectivity index (χ1v) is 14.2. The molecule has 2 aliphatic rings. The number of rotatable bonds is 6. The summed E-state index contributed by atoms with van der Waals surface area (Å²) in [4.78, 5) is 25.0. The number of nitrogens with two attached hydrogens (primary N) is 1. The summed E-state index contributed by atoms with van der Waals surface area (Å²) < 4.78 is 44.9. The zero-order valence-corrected chi connectivity index (χ0v) is 23.1. The quantitative estimate of drug-likeness (QED) is 0.448. The third-order valence-corrected chi connectivity index (χ3v) is 8.27. The molecule has 0 radical (unpaired) electrons. The molecule has 4 N–H and O–H groups in total. The molecule has 2 aromatic carbocycles. The Morgan fingerprint density at radius 2 is 1.70 bits per heavy atom. The number of benzene rings is 2. The molecule has 0 aromatic heterocycles. The molecule has 1 aliphatic heterocycles. The molecule has 2 amide bonds. The highest BCUT2D eigenvalue weighted by Crippen LogP contribution is 2.48. The lowest BCUT2D eigenvalue weighted by atomic mass is 9.86. The molecule has 2 aromatic rings. The van der Waals surface area contributed by atoms with Gasteiger partial charge in [0.2, 0.25) is 17.4 Å². The van der Waals surface area contributed by atoms with Gasteiger partial charge in [0.05, 0.1) is 23.3 Å². The Morgan fingerprint density at radius 1 is 1.12 bits per heavy atom. The number of nitriles is 1. The van der Waals surface area contributed by atoms with Crippen LogP contribution in [0.2, 0.25) is 0 Å². The zero-order valence-electron chi connectivity index (χ0n) is 22.3. The summed E-state index contributed by atoms with van der Waals surface area (Å²) >= 11 is 1.19. The van der Waals surface area contributed by atoms with Crippen LogP contribution in [0.25, 0.3) is 11.1 Å². The minimum atomic E-state index is -4.86. The molecule has 1 heterocycles. The highest BCUT2D eigenvalue weighted by atomic mass is 32.2. The van der Waals surface area contributed by atoms with Gasteiger partial charge in [-0.25, -0.2) is 0 Å². The molecule has 3 unspecified atom stereocenters. The van der Waals surface area contributed by atoms with Crippen LogP contribution in [0.15, 0.2) is 48.5 Å². The number of carbonyl (C=O) groups excluding carboxylic acids is 2. The van der Waals surface area contributed by atoms with Gasteiger partial charge in [0.25, 0.3) is 0 Å². The van der Waals surface area contributed by atoms with Crippen LogP contribution in [0, 0.1) is 29.1 Å². The maximum absolute atomic E-state index is 15.0. The molecule has 0 spiro atoms. The lowest BCUT2D eigenvalue weighted by Crippen LogP contribution is -2.61. The number of thioether (sulfide) groups is 1. The van der Waals surface area contributed by atoms with Gasteiger partial charge in [-0.2, -0.15) is 18.4 Å². The van der Waals surface area contributed by atoms with Gasteiger partial charge < -0.3 is 11.1 Å². The Balaban J connectivity index is 1.71. The van der Waals surface area contributed by atoms with E-state index in [1.165, 1.54) is 23.9 Å². The van der Waals surface area contributed by atoms with Crippen molar-refractivity contribution in [2.45, 2.75) is 62.3 Å². The molecule has 10 heteroatoms. The van der Waals surface area contributed by atoms with E-state index in [1.54, 1.807) is 12.1 Å². The monoisotopic (exact) mass is 568 g/mol. The fourth-order valence-corrected chi connectivity index (χ4v) is 5.63. The van der Waals surface area contributed by atoms with Gasteiger partial charge >= 0.3 is 6.18 Å². The van der Waals surface area contributed by atoms with Crippen molar-refractivity contribution in [2.75, 3.05) is 11.5 Å². The third-order valence-electron chi connectivity index (χ3n) is 7.36. The number of halogens is 3. The second-order valence-electron chi connectivity index (χ2n) is 10.7. The SMILES string of the molecule is CC(C)CC1NC(c2ccc(-c3ccc(C4(C(N)=O)CC4)cc3)cc2)(C(F)(F)F)C#CCSCC(C#N)NC1=O. The molecule has 0 bridgehead atoms. The van der Waals surface area contributed by atoms with Gasteiger partial charge in [-0.1, -0.05) is 74.2 Å². The van der Waals surface area contributed by atoms with E-state index < -0.39 is 35.1 Å². The van der Waals surface area contributed by atoms with E-state index in [-0.39, 0.29) is 35.3 Å². The van der Waals surface area contributed by atoms with E-state index in [0.29, 0.717) is 18.4 Å². The van der Waals surface area contributed by atoms with E-state index in [0.717, 1.165) is 11.1 Å². The first kappa shape index (κ1) is 29.5. The van der Waals surface area contributed by atoms with E-state index in [1.807, 2.05) is 44.2 Å². The van der Waals surface area contributed by atoms with Crippen LogP contribution in [0.4, 0.5) is 13.2 Å². The molecule has 6 nitrogen and oxygen atoms in total. The normalized spacial score (nSPS) is 24.6. The predicted molar refractivity (Wildman–Crippen MR) is 149 cm³/mol. The van der Waals surface area contributed by atoms with Crippen molar-refractivity contribution in [2.24, 2.45) is 11.7 Å². The average molecular weight is 569 g/mol. The summed E-state index contributed by atoms with van der Waals surface area (Å²) in [6, 6.07) is 13.2. The van der Waals surface area contributed by atoms with E-state index >= 15 is 0 Å². The summed E-state index contributed by atoms with van der Waals surface area (Å²) in [5, 5.41) is 14.6. The van der Waals surface area contributed by atoms with Gasteiger partial charge in [-0.3, -0.25) is 14.9 Å². The molecule has 3 atom stereocenters. The minimum Gasteiger partial charge on any atom is -0.369 e. The highest BCUT2D eigenvalue weighted by Gasteiger charge is 2.57. The number of alkyl halides is 3. The number of primary amides is 1. The van der Waals surface area contributed by atoms with Gasteiger partial charge in [-0.15, -0.1) is 11.8 Å². The number of hydrogen-bond acceptors (Lipinski definition) is 5. The first-order chi connectivity index (χ1) is 18.9. The fourth-order valence-electron chi connectivity index (χ4n) is 4.95. The molecular formula is C30H31F3N4O2S. The molecule has 210 valence electrons. The number of nitrogens with one attached hydrogen (secondary N) is 2. The van der Waals surface area contributed by atoms with Crippen molar-refractivity contribution in [1.29, 1.82) is 5.26 Å². The second kappa shape index (κ2) is 11.6. The van der Waals surface area contributed by atoms with Gasteiger partial charge in [0.1, 0.15) is 6.04 Å². The van der Waals surface area contributed by atoms with E-state index in [4.69, 9.17) is 5.73 Å². The predicted octanol–water partition coefficient (Wildman–Crippen LogP) is 4.39. The standard InChI is InChI=1S/C30H31F3N4O2S/c1-19(2)16-25-26(38)36-24(17-34)18-40-15-3-12-29(37-25,30(31,32)33)23-10-6-21(7-11-23)20-4-8-22(9-5-20)28(13-14-28)27(35)39/h4-11,19,24-25,37H,13-16,18H2,1-2H3,(H2,35,39)(H,36,38). The minimum absolute atomic E-state index is 0.0691. The lowest BCUT2D eigenvalue weighted by Gasteiger charge is -2.36. The lowest BCUT2D eigenvalue weighted by molar-refractivity contribution is -0.185. The maximum Gasteiger partial charge on any atom is 0.422 e. The van der Waals surface area contributed by atoms with Crippen molar-refractivity contribution in [1.82, 2.24) is 10.6 Å². The van der Waals surface area contributed by atoms with Crippen molar-refractivity contribution >= 4 is 23.6 Å². The summed E-state index contributed by atoms with van der Waals surface area (Å²) in [6.07, 6.45) is -3.34. The summed E-state index contributed by atoms with van der Waals surface area (Å²) in [5.74, 6) is 4.23. The maximum atomic E-state index is 15.0. The molecule has 1 aliphatic carbocycles. The van der Waals surface area contributed by atoms with Gasteiger partial charge in [0, 0.05) is 5.75 Å². The topological polar surface area (TPSA) is 108 Å². The van der Waals surface area contributed by atoms with Crippen LogP contribution in [0.1, 0.15) is 44.2 Å². The van der Waals surface area contributed by atoms with Crippen molar-refractivity contribution in [3.8, 4) is 29.0 Å². The number of amides is 2. The second-order valence-corrected chi connectivity index (χ2v) is 11.7. The molecule has 4 rings (SSSR count). The number of hydrogen-bond donors (Lipinski definition) is 3. The van der Waals surface area contributed by atoms with Crippen molar-refractivity contribution in [3.05, 3.63) is 59.7 Å².